The number of nitrogens with zero attached hydrogens (tertiary/aromatic N) is 1. The second kappa shape index (κ2) is 6.31. The Morgan fingerprint density at radius 3 is 2.45 bits per heavy atom. The second-order valence-corrected chi connectivity index (χ2v) is 5.27. The third kappa shape index (κ3) is 3.54. The fourth-order valence-corrected chi connectivity index (χ4v) is 2.15. The van der Waals surface area contributed by atoms with Gasteiger partial charge in [0, 0.05) is 17.6 Å². The molecule has 0 aliphatic rings. The Morgan fingerprint density at radius 2 is 1.80 bits per heavy atom. The maximum atomic E-state index is 10.9. The van der Waals surface area contributed by atoms with Crippen LogP contribution in [0.1, 0.15) is 5.56 Å². The van der Waals surface area contributed by atoms with Crippen LogP contribution in [0.2, 0.25) is 15.1 Å². The number of anilines is 1. The van der Waals surface area contributed by atoms with E-state index < -0.39 is 4.92 Å². The number of nitrogens with one attached hydrogen (secondary N) is 1. The van der Waals surface area contributed by atoms with E-state index in [4.69, 9.17) is 34.8 Å². The standard InChI is InChI=1S/C13H9Cl3N2O2/c14-9-2-4-13(18(19)20)12(6-9)17-7-8-1-3-10(15)11(16)5-8/h1-6,17H,7H2. The quantitative estimate of drug-likeness (QED) is 0.621. The highest BCUT2D eigenvalue weighted by molar-refractivity contribution is 6.42. The number of hydrogen-bond donors (Lipinski definition) is 1. The summed E-state index contributed by atoms with van der Waals surface area (Å²) in [6.07, 6.45) is 0. The molecule has 7 heteroatoms. The van der Waals surface area contributed by atoms with Gasteiger partial charge in [-0.25, -0.2) is 0 Å². The molecular formula is C13H9Cl3N2O2. The van der Waals surface area contributed by atoms with Gasteiger partial charge in [0.25, 0.3) is 5.69 Å². The molecule has 0 spiro atoms. The van der Waals surface area contributed by atoms with Gasteiger partial charge in [-0.15, -0.1) is 0 Å². The van der Waals surface area contributed by atoms with E-state index in [1.165, 1.54) is 18.2 Å². The van der Waals surface area contributed by atoms with Crippen LogP contribution in [0.5, 0.6) is 0 Å². The lowest BCUT2D eigenvalue weighted by atomic mass is 10.2. The second-order valence-electron chi connectivity index (χ2n) is 4.02. The number of nitro groups is 1. The van der Waals surface area contributed by atoms with E-state index in [2.05, 4.69) is 5.32 Å². The third-order valence-corrected chi connectivity index (χ3v) is 3.60. The van der Waals surface area contributed by atoms with Crippen LogP contribution in [0.4, 0.5) is 11.4 Å². The molecule has 4 nitrogen and oxygen atoms in total. The molecule has 0 unspecified atom stereocenters. The molecule has 0 aliphatic heterocycles. The predicted octanol–water partition coefficient (Wildman–Crippen LogP) is 5.17. The van der Waals surface area contributed by atoms with Crippen molar-refractivity contribution in [1.29, 1.82) is 0 Å². The Balaban J connectivity index is 2.20. The first-order valence-electron chi connectivity index (χ1n) is 5.59. The zero-order valence-corrected chi connectivity index (χ0v) is 12.3. The summed E-state index contributed by atoms with van der Waals surface area (Å²) in [5, 5.41) is 15.2. The summed E-state index contributed by atoms with van der Waals surface area (Å²) in [5.74, 6) is 0. The Bertz CT molecular complexity index is 662. The lowest BCUT2D eigenvalue weighted by Crippen LogP contribution is -2.02. The van der Waals surface area contributed by atoms with Crippen LogP contribution in [0.3, 0.4) is 0 Å². The maximum Gasteiger partial charge on any atom is 0.292 e. The van der Waals surface area contributed by atoms with Gasteiger partial charge in [-0.1, -0.05) is 40.9 Å². The van der Waals surface area contributed by atoms with E-state index in [1.807, 2.05) is 0 Å². The molecule has 2 aromatic carbocycles. The van der Waals surface area contributed by atoms with Crippen molar-refractivity contribution in [2.24, 2.45) is 0 Å². The minimum Gasteiger partial charge on any atom is -0.375 e. The van der Waals surface area contributed by atoms with Crippen LogP contribution in [0.25, 0.3) is 0 Å². The molecule has 0 saturated carbocycles. The van der Waals surface area contributed by atoms with E-state index in [0.29, 0.717) is 27.3 Å². The molecular weight excluding hydrogens is 323 g/mol. The smallest absolute Gasteiger partial charge is 0.292 e. The number of benzene rings is 2. The van der Waals surface area contributed by atoms with Gasteiger partial charge in [0.2, 0.25) is 0 Å². The van der Waals surface area contributed by atoms with Gasteiger partial charge >= 0.3 is 0 Å². The molecule has 0 aromatic heterocycles. The van der Waals surface area contributed by atoms with Crippen LogP contribution in [0, 0.1) is 10.1 Å². The van der Waals surface area contributed by atoms with Crippen molar-refractivity contribution in [3.63, 3.8) is 0 Å². The van der Waals surface area contributed by atoms with E-state index in [-0.39, 0.29) is 5.69 Å². The molecule has 20 heavy (non-hydrogen) atoms. The maximum absolute atomic E-state index is 10.9. The van der Waals surface area contributed by atoms with Gasteiger partial charge in [-0.05, 0) is 29.8 Å². The van der Waals surface area contributed by atoms with Crippen molar-refractivity contribution in [2.45, 2.75) is 6.54 Å². The summed E-state index contributed by atoms with van der Waals surface area (Å²) in [5.41, 5.74) is 1.18. The summed E-state index contributed by atoms with van der Waals surface area (Å²) in [6, 6.07) is 9.51. The minimum atomic E-state index is -0.465. The largest absolute Gasteiger partial charge is 0.375 e. The molecule has 0 fully saturated rings. The molecule has 104 valence electrons. The van der Waals surface area contributed by atoms with Crippen LogP contribution >= 0.6 is 34.8 Å². The number of nitro benzene ring substituents is 1. The summed E-state index contributed by atoms with van der Waals surface area (Å²) >= 11 is 17.6. The molecule has 2 aromatic rings. The average Bonchev–Trinajstić information content (AvgIpc) is 2.40. The van der Waals surface area contributed by atoms with Gasteiger partial charge < -0.3 is 5.32 Å². The van der Waals surface area contributed by atoms with Crippen LogP contribution in [-0.4, -0.2) is 4.92 Å². The average molecular weight is 332 g/mol. The number of halogens is 3. The topological polar surface area (TPSA) is 55.2 Å². The molecule has 2 rings (SSSR count). The number of hydrogen-bond acceptors (Lipinski definition) is 3. The molecule has 0 atom stereocenters. The van der Waals surface area contributed by atoms with Gasteiger partial charge in [0.05, 0.1) is 15.0 Å². The fraction of sp³-hybridized carbons (Fsp3) is 0.0769. The Labute approximate surface area is 130 Å². The lowest BCUT2D eigenvalue weighted by molar-refractivity contribution is -0.384. The molecule has 0 radical (unpaired) electrons. The van der Waals surface area contributed by atoms with Crippen molar-refractivity contribution < 1.29 is 4.92 Å². The minimum absolute atomic E-state index is 0.0329. The summed E-state index contributed by atoms with van der Waals surface area (Å²) < 4.78 is 0. The highest BCUT2D eigenvalue weighted by Crippen LogP contribution is 2.29. The molecule has 0 aliphatic carbocycles. The summed E-state index contributed by atoms with van der Waals surface area (Å²) in [7, 11) is 0. The van der Waals surface area contributed by atoms with Crippen LogP contribution < -0.4 is 5.32 Å². The van der Waals surface area contributed by atoms with Crippen LogP contribution in [0.15, 0.2) is 36.4 Å². The predicted molar refractivity (Wildman–Crippen MR) is 81.9 cm³/mol. The van der Waals surface area contributed by atoms with Gasteiger partial charge in [0.1, 0.15) is 5.69 Å². The van der Waals surface area contributed by atoms with Crippen molar-refractivity contribution >= 4 is 46.2 Å². The molecule has 0 amide bonds. The van der Waals surface area contributed by atoms with Crippen molar-refractivity contribution in [3.05, 3.63) is 67.1 Å². The Hall–Kier alpha value is -1.49. The number of rotatable bonds is 4. The first kappa shape index (κ1) is 14.9. The first-order chi connectivity index (χ1) is 9.47. The van der Waals surface area contributed by atoms with E-state index in [9.17, 15) is 10.1 Å². The highest BCUT2D eigenvalue weighted by atomic mass is 35.5. The third-order valence-electron chi connectivity index (χ3n) is 2.62. The first-order valence-corrected chi connectivity index (χ1v) is 6.72. The SMILES string of the molecule is O=[N+]([O-])c1ccc(Cl)cc1NCc1ccc(Cl)c(Cl)c1. The van der Waals surface area contributed by atoms with E-state index >= 15 is 0 Å². The zero-order chi connectivity index (χ0) is 14.7. The summed E-state index contributed by atoms with van der Waals surface area (Å²) in [4.78, 5) is 10.5. The Morgan fingerprint density at radius 1 is 1.05 bits per heavy atom. The van der Waals surface area contributed by atoms with Gasteiger partial charge in [-0.2, -0.15) is 0 Å². The van der Waals surface area contributed by atoms with E-state index in [1.54, 1.807) is 18.2 Å². The monoisotopic (exact) mass is 330 g/mol. The molecule has 0 saturated heterocycles. The van der Waals surface area contributed by atoms with Gasteiger partial charge in [-0.3, -0.25) is 10.1 Å². The van der Waals surface area contributed by atoms with Gasteiger partial charge in [0.15, 0.2) is 0 Å². The highest BCUT2D eigenvalue weighted by Gasteiger charge is 2.13. The van der Waals surface area contributed by atoms with Crippen molar-refractivity contribution in [3.8, 4) is 0 Å². The lowest BCUT2D eigenvalue weighted by Gasteiger charge is -2.08. The Kier molecular flexibility index (Phi) is 4.70. The zero-order valence-electron chi connectivity index (χ0n) is 10.1. The molecule has 0 heterocycles. The van der Waals surface area contributed by atoms with Crippen molar-refractivity contribution in [2.75, 3.05) is 5.32 Å². The molecule has 0 bridgehead atoms. The van der Waals surface area contributed by atoms with Crippen LogP contribution in [-0.2, 0) is 6.54 Å². The van der Waals surface area contributed by atoms with Crippen molar-refractivity contribution in [1.82, 2.24) is 0 Å². The normalized spacial score (nSPS) is 10.3. The molecule has 1 N–H and O–H groups in total. The fourth-order valence-electron chi connectivity index (χ4n) is 1.66. The summed E-state index contributed by atoms with van der Waals surface area (Å²) in [6.45, 7) is 0.373. The van der Waals surface area contributed by atoms with E-state index in [0.717, 1.165) is 5.56 Å².